The molecule has 2 aliphatic rings. The van der Waals surface area contributed by atoms with Crippen molar-refractivity contribution in [3.63, 3.8) is 0 Å². The van der Waals surface area contributed by atoms with Gasteiger partial charge in [-0.15, -0.1) is 0 Å². The number of hydrogen-bond donors (Lipinski definition) is 0. The third-order valence-corrected chi connectivity index (χ3v) is 5.31. The Balaban J connectivity index is 1.56. The summed E-state index contributed by atoms with van der Waals surface area (Å²) >= 11 is 0. The van der Waals surface area contributed by atoms with Gasteiger partial charge in [-0.25, -0.2) is 0 Å². The molecule has 0 N–H and O–H groups in total. The number of nitrogens with zero attached hydrogens (tertiary/aromatic N) is 2. The maximum absolute atomic E-state index is 13.1. The van der Waals surface area contributed by atoms with Crippen LogP contribution in [-0.2, 0) is 16.0 Å². The van der Waals surface area contributed by atoms with E-state index in [2.05, 4.69) is 6.07 Å². The van der Waals surface area contributed by atoms with Gasteiger partial charge < -0.3 is 19.3 Å². The first kappa shape index (κ1) is 17.4. The van der Waals surface area contributed by atoms with Gasteiger partial charge in [-0.2, -0.15) is 0 Å². The van der Waals surface area contributed by atoms with Gasteiger partial charge in [0.1, 0.15) is 11.5 Å². The third kappa shape index (κ3) is 3.01. The van der Waals surface area contributed by atoms with Crippen LogP contribution in [0, 0.1) is 5.92 Å². The van der Waals surface area contributed by atoms with Crippen molar-refractivity contribution in [2.45, 2.75) is 12.8 Å². The Labute approximate surface area is 158 Å². The maximum atomic E-state index is 13.1. The fraction of sp³-hybridized carbons (Fsp3) is 0.333. The van der Waals surface area contributed by atoms with Crippen LogP contribution in [0.1, 0.15) is 12.0 Å². The fourth-order valence-electron chi connectivity index (χ4n) is 3.90. The zero-order valence-electron chi connectivity index (χ0n) is 15.5. The van der Waals surface area contributed by atoms with E-state index in [0.717, 1.165) is 12.1 Å². The molecule has 0 spiro atoms. The predicted octanol–water partition coefficient (Wildman–Crippen LogP) is 2.65. The summed E-state index contributed by atoms with van der Waals surface area (Å²) in [6.07, 6.45) is 1.07. The summed E-state index contributed by atoms with van der Waals surface area (Å²) in [6, 6.07) is 13.3. The Bertz CT molecular complexity index is 896. The average molecular weight is 366 g/mol. The Morgan fingerprint density at radius 3 is 2.67 bits per heavy atom. The van der Waals surface area contributed by atoms with Crippen molar-refractivity contribution in [1.29, 1.82) is 0 Å². The van der Waals surface area contributed by atoms with Crippen LogP contribution in [0.5, 0.6) is 11.5 Å². The number of anilines is 2. The molecule has 2 aliphatic heterocycles. The van der Waals surface area contributed by atoms with Crippen LogP contribution in [0.2, 0.25) is 0 Å². The average Bonchev–Trinajstić information content (AvgIpc) is 3.30. The summed E-state index contributed by atoms with van der Waals surface area (Å²) in [6.45, 7) is 1.04. The van der Waals surface area contributed by atoms with Crippen LogP contribution in [0.4, 0.5) is 11.4 Å². The van der Waals surface area contributed by atoms with Crippen LogP contribution >= 0.6 is 0 Å². The van der Waals surface area contributed by atoms with E-state index in [1.54, 1.807) is 37.3 Å². The van der Waals surface area contributed by atoms with Gasteiger partial charge in [0.15, 0.2) is 0 Å². The van der Waals surface area contributed by atoms with Crippen LogP contribution in [-0.4, -0.2) is 39.1 Å². The normalized spacial score (nSPS) is 18.6. The molecule has 0 radical (unpaired) electrons. The summed E-state index contributed by atoms with van der Waals surface area (Å²) < 4.78 is 10.6. The summed E-state index contributed by atoms with van der Waals surface area (Å²) in [5, 5.41) is 0. The molecule has 2 aromatic rings. The Kier molecular flexibility index (Phi) is 4.48. The van der Waals surface area contributed by atoms with Crippen molar-refractivity contribution < 1.29 is 19.1 Å². The molecule has 140 valence electrons. The molecule has 27 heavy (non-hydrogen) atoms. The molecule has 6 nitrogen and oxygen atoms in total. The van der Waals surface area contributed by atoms with E-state index in [1.807, 2.05) is 23.1 Å². The number of fused-ring (bicyclic) bond motifs is 1. The van der Waals surface area contributed by atoms with Crippen molar-refractivity contribution in [3.05, 3.63) is 48.0 Å². The first-order valence-electron chi connectivity index (χ1n) is 9.04. The Morgan fingerprint density at radius 1 is 1.07 bits per heavy atom. The van der Waals surface area contributed by atoms with Crippen molar-refractivity contribution in [1.82, 2.24) is 0 Å². The molecule has 0 unspecified atom stereocenters. The number of carbonyl (C=O) groups is 2. The second-order valence-corrected chi connectivity index (χ2v) is 6.81. The first-order chi connectivity index (χ1) is 13.1. The molecule has 0 aliphatic carbocycles. The van der Waals surface area contributed by atoms with E-state index in [-0.39, 0.29) is 24.2 Å². The van der Waals surface area contributed by atoms with Crippen molar-refractivity contribution >= 4 is 23.2 Å². The van der Waals surface area contributed by atoms with Gasteiger partial charge in [0.2, 0.25) is 11.8 Å². The molecule has 1 atom stereocenters. The Hall–Kier alpha value is -3.02. The van der Waals surface area contributed by atoms with Crippen LogP contribution in [0.3, 0.4) is 0 Å². The van der Waals surface area contributed by atoms with Gasteiger partial charge in [0.25, 0.3) is 0 Å². The molecule has 6 heteroatoms. The summed E-state index contributed by atoms with van der Waals surface area (Å²) in [4.78, 5) is 29.2. The molecule has 2 heterocycles. The van der Waals surface area contributed by atoms with Gasteiger partial charge >= 0.3 is 0 Å². The lowest BCUT2D eigenvalue weighted by Gasteiger charge is -2.22. The van der Waals surface area contributed by atoms with Gasteiger partial charge in [-0.05, 0) is 30.2 Å². The SMILES string of the molecule is COc1ccc(N2C[C@@H](C(=O)N3CCc4ccccc43)CC2=O)c(OC)c1. The molecule has 2 aromatic carbocycles. The zero-order chi connectivity index (χ0) is 19.0. The minimum Gasteiger partial charge on any atom is -0.497 e. The quantitative estimate of drug-likeness (QED) is 0.835. The molecule has 0 bridgehead atoms. The minimum atomic E-state index is -0.351. The van der Waals surface area contributed by atoms with Crippen LogP contribution < -0.4 is 19.3 Å². The van der Waals surface area contributed by atoms with Crippen molar-refractivity contribution in [2.24, 2.45) is 5.92 Å². The largest absolute Gasteiger partial charge is 0.497 e. The van der Waals surface area contributed by atoms with Crippen molar-refractivity contribution in [2.75, 3.05) is 37.1 Å². The number of methoxy groups -OCH3 is 2. The van der Waals surface area contributed by atoms with E-state index in [9.17, 15) is 9.59 Å². The molecule has 2 amide bonds. The highest BCUT2D eigenvalue weighted by molar-refractivity contribution is 6.05. The van der Waals surface area contributed by atoms with E-state index >= 15 is 0 Å². The van der Waals surface area contributed by atoms with Crippen molar-refractivity contribution in [3.8, 4) is 11.5 Å². The number of hydrogen-bond acceptors (Lipinski definition) is 4. The lowest BCUT2D eigenvalue weighted by Crippen LogP contribution is -2.36. The van der Waals surface area contributed by atoms with E-state index in [0.29, 0.717) is 30.3 Å². The highest BCUT2D eigenvalue weighted by Gasteiger charge is 2.39. The predicted molar refractivity (Wildman–Crippen MR) is 103 cm³/mol. The maximum Gasteiger partial charge on any atom is 0.232 e. The molecular formula is C21H22N2O4. The smallest absolute Gasteiger partial charge is 0.232 e. The summed E-state index contributed by atoms with van der Waals surface area (Å²) in [5.74, 6) is 0.814. The van der Waals surface area contributed by atoms with Gasteiger partial charge in [0, 0.05) is 31.3 Å². The highest BCUT2D eigenvalue weighted by atomic mass is 16.5. The van der Waals surface area contributed by atoms with E-state index in [4.69, 9.17) is 9.47 Å². The monoisotopic (exact) mass is 366 g/mol. The molecule has 0 saturated carbocycles. The molecule has 0 aromatic heterocycles. The molecule has 4 rings (SSSR count). The van der Waals surface area contributed by atoms with E-state index in [1.165, 1.54) is 5.56 Å². The Morgan fingerprint density at radius 2 is 1.89 bits per heavy atom. The molecular weight excluding hydrogens is 344 g/mol. The number of rotatable bonds is 4. The summed E-state index contributed by atoms with van der Waals surface area (Å²) in [7, 11) is 3.14. The highest BCUT2D eigenvalue weighted by Crippen LogP contribution is 2.37. The van der Waals surface area contributed by atoms with Gasteiger partial charge in [-0.1, -0.05) is 18.2 Å². The van der Waals surface area contributed by atoms with Gasteiger partial charge in [-0.3, -0.25) is 9.59 Å². The number of para-hydroxylation sites is 1. The van der Waals surface area contributed by atoms with Crippen LogP contribution in [0.15, 0.2) is 42.5 Å². The minimum absolute atomic E-state index is 0.0169. The zero-order valence-corrected chi connectivity index (χ0v) is 15.5. The van der Waals surface area contributed by atoms with Crippen LogP contribution in [0.25, 0.3) is 0 Å². The molecule has 1 fully saturated rings. The topological polar surface area (TPSA) is 59.1 Å². The van der Waals surface area contributed by atoms with Gasteiger partial charge in [0.05, 0.1) is 25.8 Å². The standard InChI is InChI=1S/C21H22N2O4/c1-26-16-7-8-18(19(12-16)27-2)23-13-15(11-20(23)24)21(25)22-10-9-14-5-3-4-6-17(14)22/h3-8,12,15H,9-11,13H2,1-2H3/t15-/m0/s1. The molecule has 1 saturated heterocycles. The second kappa shape index (κ2) is 6.95. The lowest BCUT2D eigenvalue weighted by atomic mass is 10.1. The number of amides is 2. The number of carbonyl (C=O) groups excluding carboxylic acids is 2. The third-order valence-electron chi connectivity index (χ3n) is 5.31. The number of benzene rings is 2. The first-order valence-corrected chi connectivity index (χ1v) is 9.04. The fourth-order valence-corrected chi connectivity index (χ4v) is 3.90. The number of ether oxygens (including phenoxy) is 2. The lowest BCUT2D eigenvalue weighted by molar-refractivity contribution is -0.124. The second-order valence-electron chi connectivity index (χ2n) is 6.81. The van der Waals surface area contributed by atoms with E-state index < -0.39 is 0 Å². The summed E-state index contributed by atoms with van der Waals surface area (Å²) in [5.41, 5.74) is 2.82.